The fourth-order valence-electron chi connectivity index (χ4n) is 0.808. The Kier molecular flexibility index (Phi) is 5.72. The van der Waals surface area contributed by atoms with Crippen LogP contribution in [0.4, 0.5) is 0 Å². The summed E-state index contributed by atoms with van der Waals surface area (Å²) in [5.74, 6) is -0.430. The molecule has 0 aliphatic rings. The van der Waals surface area contributed by atoms with Crippen molar-refractivity contribution >= 4 is 5.97 Å². The average Bonchev–Trinajstić information content (AvgIpc) is 2.09. The van der Waals surface area contributed by atoms with Crippen molar-refractivity contribution in [1.82, 2.24) is 0 Å². The van der Waals surface area contributed by atoms with Crippen LogP contribution in [0.3, 0.4) is 0 Å². The van der Waals surface area contributed by atoms with Gasteiger partial charge in [0.05, 0.1) is 13.7 Å². The molecule has 0 bridgehead atoms. The molecule has 4 heteroatoms. The smallest absolute Gasteiger partial charge is 0.325 e. The highest BCUT2D eigenvalue weighted by molar-refractivity contribution is 5.75. The molecule has 4 nitrogen and oxygen atoms in total. The lowest BCUT2D eigenvalue weighted by Crippen LogP contribution is -2.36. The third kappa shape index (κ3) is 6.86. The lowest BCUT2D eigenvalue weighted by molar-refractivity contribution is -0.143. The Hall–Kier alpha value is -0.610. The average molecular weight is 203 g/mol. The van der Waals surface area contributed by atoms with E-state index in [9.17, 15) is 4.79 Å². The number of nitrogens with two attached hydrogens (primary N) is 1. The Bertz CT molecular complexity index is 175. The molecule has 0 heterocycles. The van der Waals surface area contributed by atoms with Crippen molar-refractivity contribution < 1.29 is 14.3 Å². The molecule has 0 aromatic heterocycles. The SMILES string of the molecule is COC(=O)C(N)COCCC(C)(C)C. The number of rotatable bonds is 5. The number of esters is 1. The van der Waals surface area contributed by atoms with E-state index in [0.29, 0.717) is 6.61 Å². The minimum absolute atomic E-state index is 0.225. The molecule has 1 unspecified atom stereocenters. The quantitative estimate of drug-likeness (QED) is 0.533. The van der Waals surface area contributed by atoms with E-state index < -0.39 is 12.0 Å². The maximum absolute atomic E-state index is 10.9. The van der Waals surface area contributed by atoms with Crippen molar-refractivity contribution in [3.63, 3.8) is 0 Å². The predicted octanol–water partition coefficient (Wildman–Crippen LogP) is 0.939. The second-order valence-corrected chi connectivity index (χ2v) is 4.52. The zero-order chi connectivity index (χ0) is 11.2. The first-order valence-electron chi connectivity index (χ1n) is 4.78. The van der Waals surface area contributed by atoms with Crippen LogP contribution in [0, 0.1) is 5.41 Å². The van der Waals surface area contributed by atoms with Crippen molar-refractivity contribution in [3.05, 3.63) is 0 Å². The molecule has 0 rings (SSSR count). The van der Waals surface area contributed by atoms with Gasteiger partial charge in [-0.25, -0.2) is 0 Å². The minimum atomic E-state index is -0.667. The van der Waals surface area contributed by atoms with Crippen LogP contribution >= 0.6 is 0 Å². The van der Waals surface area contributed by atoms with Gasteiger partial charge in [-0.3, -0.25) is 4.79 Å². The number of carbonyl (C=O) groups is 1. The molecule has 14 heavy (non-hydrogen) atoms. The number of hydrogen-bond acceptors (Lipinski definition) is 4. The molecule has 0 amide bonds. The van der Waals surface area contributed by atoms with E-state index in [0.717, 1.165) is 6.42 Å². The summed E-state index contributed by atoms with van der Waals surface area (Å²) in [5, 5.41) is 0. The van der Waals surface area contributed by atoms with Gasteiger partial charge in [-0.1, -0.05) is 20.8 Å². The van der Waals surface area contributed by atoms with E-state index in [1.165, 1.54) is 7.11 Å². The first kappa shape index (κ1) is 13.4. The number of methoxy groups -OCH3 is 1. The van der Waals surface area contributed by atoms with Gasteiger partial charge >= 0.3 is 5.97 Å². The molecule has 0 fully saturated rings. The summed E-state index contributed by atoms with van der Waals surface area (Å²) in [5.41, 5.74) is 5.72. The van der Waals surface area contributed by atoms with Crippen LogP contribution < -0.4 is 5.73 Å². The molecular formula is C10H21NO3. The Labute approximate surface area is 85.8 Å². The Morgan fingerprint density at radius 1 is 1.43 bits per heavy atom. The third-order valence-electron chi connectivity index (χ3n) is 1.80. The third-order valence-corrected chi connectivity index (χ3v) is 1.80. The van der Waals surface area contributed by atoms with Crippen LogP contribution in [0.25, 0.3) is 0 Å². The standard InChI is InChI=1S/C10H21NO3/c1-10(2,3)5-6-14-7-8(11)9(12)13-4/h8H,5-7,11H2,1-4H3. The molecule has 0 aromatic rings. The van der Waals surface area contributed by atoms with Crippen molar-refractivity contribution in [3.8, 4) is 0 Å². The van der Waals surface area contributed by atoms with Crippen LogP contribution in [0.5, 0.6) is 0 Å². The van der Waals surface area contributed by atoms with Gasteiger partial charge in [0.1, 0.15) is 6.04 Å². The van der Waals surface area contributed by atoms with Crippen molar-refractivity contribution in [2.24, 2.45) is 11.1 Å². The summed E-state index contributed by atoms with van der Waals surface area (Å²) in [6, 6.07) is -0.667. The van der Waals surface area contributed by atoms with Crippen molar-refractivity contribution in [1.29, 1.82) is 0 Å². The Morgan fingerprint density at radius 3 is 2.43 bits per heavy atom. The topological polar surface area (TPSA) is 61.5 Å². The number of hydrogen-bond donors (Lipinski definition) is 1. The molecule has 0 aromatic carbocycles. The molecule has 0 radical (unpaired) electrons. The molecule has 1 atom stereocenters. The summed E-state index contributed by atoms with van der Waals surface area (Å²) in [4.78, 5) is 10.9. The maximum atomic E-state index is 10.9. The fraction of sp³-hybridized carbons (Fsp3) is 0.900. The van der Waals surface area contributed by atoms with Gasteiger partial charge < -0.3 is 15.2 Å². The van der Waals surface area contributed by atoms with Gasteiger partial charge in [0.2, 0.25) is 0 Å². The van der Waals surface area contributed by atoms with Crippen LogP contribution in [0.15, 0.2) is 0 Å². The predicted molar refractivity (Wildman–Crippen MR) is 54.9 cm³/mol. The first-order chi connectivity index (χ1) is 6.37. The van der Waals surface area contributed by atoms with Gasteiger partial charge in [-0.05, 0) is 11.8 Å². The van der Waals surface area contributed by atoms with Gasteiger partial charge in [-0.15, -0.1) is 0 Å². The highest BCUT2D eigenvalue weighted by Gasteiger charge is 2.14. The highest BCUT2D eigenvalue weighted by Crippen LogP contribution is 2.17. The summed E-state index contributed by atoms with van der Waals surface area (Å²) in [6.07, 6.45) is 0.945. The number of ether oxygens (including phenoxy) is 2. The second-order valence-electron chi connectivity index (χ2n) is 4.52. The summed E-state index contributed by atoms with van der Waals surface area (Å²) < 4.78 is 9.73. The molecule has 84 valence electrons. The van der Waals surface area contributed by atoms with Crippen molar-refractivity contribution in [2.75, 3.05) is 20.3 Å². The van der Waals surface area contributed by atoms with Crippen LogP contribution in [-0.2, 0) is 14.3 Å². The molecule has 0 aliphatic carbocycles. The van der Waals surface area contributed by atoms with Gasteiger partial charge in [0.15, 0.2) is 0 Å². The molecular weight excluding hydrogens is 182 g/mol. The van der Waals surface area contributed by atoms with Crippen LogP contribution in [-0.4, -0.2) is 32.3 Å². The van der Waals surface area contributed by atoms with Gasteiger partial charge in [-0.2, -0.15) is 0 Å². The Morgan fingerprint density at radius 2 is 2.00 bits per heavy atom. The summed E-state index contributed by atoms with van der Waals surface area (Å²) in [6.45, 7) is 7.25. The van der Waals surface area contributed by atoms with E-state index >= 15 is 0 Å². The molecule has 0 aliphatic heterocycles. The molecule has 0 spiro atoms. The Balaban J connectivity index is 3.50. The fourth-order valence-corrected chi connectivity index (χ4v) is 0.808. The maximum Gasteiger partial charge on any atom is 0.325 e. The zero-order valence-corrected chi connectivity index (χ0v) is 9.50. The monoisotopic (exact) mass is 203 g/mol. The van der Waals surface area contributed by atoms with Crippen LogP contribution in [0.2, 0.25) is 0 Å². The minimum Gasteiger partial charge on any atom is -0.468 e. The lowest BCUT2D eigenvalue weighted by atomic mass is 9.93. The highest BCUT2D eigenvalue weighted by atomic mass is 16.5. The summed E-state index contributed by atoms with van der Waals surface area (Å²) >= 11 is 0. The van der Waals surface area contributed by atoms with E-state index in [1.807, 2.05) is 0 Å². The van der Waals surface area contributed by atoms with E-state index in [4.69, 9.17) is 10.5 Å². The van der Waals surface area contributed by atoms with E-state index in [2.05, 4.69) is 25.5 Å². The number of carbonyl (C=O) groups excluding carboxylic acids is 1. The molecule has 0 saturated carbocycles. The largest absolute Gasteiger partial charge is 0.468 e. The van der Waals surface area contributed by atoms with Crippen molar-refractivity contribution in [2.45, 2.75) is 33.2 Å². The molecule has 0 saturated heterocycles. The van der Waals surface area contributed by atoms with Gasteiger partial charge in [0, 0.05) is 6.61 Å². The normalized spacial score (nSPS) is 13.8. The van der Waals surface area contributed by atoms with Crippen LogP contribution in [0.1, 0.15) is 27.2 Å². The zero-order valence-electron chi connectivity index (χ0n) is 9.50. The summed E-state index contributed by atoms with van der Waals surface area (Å²) in [7, 11) is 1.32. The van der Waals surface area contributed by atoms with Gasteiger partial charge in [0.25, 0.3) is 0 Å². The first-order valence-corrected chi connectivity index (χ1v) is 4.78. The lowest BCUT2D eigenvalue weighted by Gasteiger charge is -2.18. The molecule has 2 N–H and O–H groups in total. The second kappa shape index (κ2) is 5.98. The van der Waals surface area contributed by atoms with E-state index in [-0.39, 0.29) is 12.0 Å². The van der Waals surface area contributed by atoms with E-state index in [1.54, 1.807) is 0 Å².